The molecule has 1 fully saturated rings. The number of rotatable bonds is 19. The third-order valence-electron chi connectivity index (χ3n) is 10.5. The van der Waals surface area contributed by atoms with Crippen molar-refractivity contribution in [1.82, 2.24) is 5.06 Å². The summed E-state index contributed by atoms with van der Waals surface area (Å²) in [7, 11) is -8.66. The van der Waals surface area contributed by atoms with Crippen molar-refractivity contribution >= 4 is 55.1 Å². The normalized spacial score (nSPS) is 18.0. The standard InChI is InChI=1S/C40H51N3O11S2.K/c1-39(2)30-14-7-8-15-32(30)41(24-10-11-26-55(47,48)49)34(39)16-12-17-35-40(3,4)31-20-19-29(53-25-13-27-56(50,51)52)28-33(31)42(35)23-9-5-6-18-38(46)54-43-36(44)21-22-37(43)45;/h7-8,12,14-17,19-20,28H,5-6,9-11,13,18,21-27H2,1-4H3,(H-,47,48,49,50,51,52);/q;+1/p-1. The Balaban J connectivity index is 0.00000720. The topological polar surface area (TPSA) is 194 Å². The van der Waals surface area contributed by atoms with E-state index in [0.717, 1.165) is 33.9 Å². The molecule has 0 N–H and O–H groups in total. The molecule has 5 rings (SSSR count). The van der Waals surface area contributed by atoms with E-state index in [2.05, 4.69) is 55.4 Å². The molecular weight excluding hydrogens is 802 g/mol. The second-order valence-electron chi connectivity index (χ2n) is 15.3. The first kappa shape index (κ1) is 46.9. The van der Waals surface area contributed by atoms with Gasteiger partial charge in [-0.1, -0.05) is 50.6 Å². The van der Waals surface area contributed by atoms with Gasteiger partial charge in [-0.15, -0.1) is 5.06 Å². The third kappa shape index (κ3) is 11.9. The third-order valence-corrected chi connectivity index (χ3v) is 12.0. The van der Waals surface area contributed by atoms with Crippen LogP contribution < -0.4 is 61.0 Å². The Hall–Kier alpha value is -2.74. The average Bonchev–Trinajstić information content (AvgIpc) is 3.62. The molecule has 0 atom stereocenters. The minimum Gasteiger partial charge on any atom is -0.748 e. The van der Waals surface area contributed by atoms with Gasteiger partial charge >= 0.3 is 57.4 Å². The maximum absolute atomic E-state index is 12.4. The van der Waals surface area contributed by atoms with Crippen LogP contribution in [0.4, 0.5) is 11.4 Å². The summed E-state index contributed by atoms with van der Waals surface area (Å²) in [6, 6.07) is 13.8. The maximum atomic E-state index is 12.4. The van der Waals surface area contributed by atoms with Gasteiger partial charge in [-0.25, -0.2) is 21.6 Å². The van der Waals surface area contributed by atoms with Gasteiger partial charge in [0.15, 0.2) is 5.71 Å². The van der Waals surface area contributed by atoms with Crippen molar-refractivity contribution in [2.24, 2.45) is 0 Å². The first-order valence-corrected chi connectivity index (χ1v) is 22.1. The molecular formula is C40H50KN3O11S2. The number of anilines is 1. The quantitative estimate of drug-likeness (QED) is 0.0659. The van der Waals surface area contributed by atoms with Gasteiger partial charge in [0.05, 0.1) is 32.3 Å². The van der Waals surface area contributed by atoms with E-state index < -0.39 is 54.9 Å². The van der Waals surface area contributed by atoms with E-state index in [1.54, 1.807) is 0 Å². The van der Waals surface area contributed by atoms with Crippen LogP contribution in [0, 0.1) is 0 Å². The fourth-order valence-electron chi connectivity index (χ4n) is 7.61. The number of hydrogen-bond donors (Lipinski definition) is 0. The molecule has 3 aliphatic heterocycles. The van der Waals surface area contributed by atoms with Crippen molar-refractivity contribution in [3.63, 3.8) is 0 Å². The van der Waals surface area contributed by atoms with Crippen molar-refractivity contribution in [2.45, 2.75) is 96.3 Å². The number of fused-ring (bicyclic) bond motifs is 2. The van der Waals surface area contributed by atoms with Crippen LogP contribution in [0.25, 0.3) is 0 Å². The van der Waals surface area contributed by atoms with E-state index in [4.69, 9.17) is 9.57 Å². The predicted octanol–water partition coefficient (Wildman–Crippen LogP) is 2.11. The Labute approximate surface area is 378 Å². The molecule has 57 heavy (non-hydrogen) atoms. The molecule has 0 spiro atoms. The van der Waals surface area contributed by atoms with E-state index in [1.807, 2.05) is 42.5 Å². The number of amides is 2. The number of hydroxylamine groups is 2. The zero-order valence-electron chi connectivity index (χ0n) is 33.3. The Morgan fingerprint density at radius 3 is 2.19 bits per heavy atom. The van der Waals surface area contributed by atoms with Gasteiger partial charge < -0.3 is 23.6 Å². The van der Waals surface area contributed by atoms with Crippen LogP contribution in [0.2, 0.25) is 0 Å². The van der Waals surface area contributed by atoms with E-state index in [9.17, 15) is 40.3 Å². The van der Waals surface area contributed by atoms with Gasteiger partial charge in [0.1, 0.15) is 12.3 Å². The van der Waals surface area contributed by atoms with E-state index >= 15 is 0 Å². The van der Waals surface area contributed by atoms with Crippen LogP contribution >= 0.6 is 0 Å². The molecule has 3 heterocycles. The number of allylic oxidation sites excluding steroid dienone is 4. The van der Waals surface area contributed by atoms with Gasteiger partial charge in [-0.05, 0) is 57.2 Å². The fraction of sp³-hybridized carbons (Fsp3) is 0.500. The van der Waals surface area contributed by atoms with Crippen LogP contribution in [0.15, 0.2) is 66.4 Å². The Morgan fingerprint density at radius 1 is 0.842 bits per heavy atom. The molecule has 0 saturated carbocycles. The van der Waals surface area contributed by atoms with Gasteiger partial charge in [0.2, 0.25) is 5.69 Å². The van der Waals surface area contributed by atoms with Crippen LogP contribution in [0.1, 0.15) is 96.6 Å². The number of carbonyl (C=O) groups is 3. The zero-order valence-corrected chi connectivity index (χ0v) is 38.1. The number of imide groups is 1. The van der Waals surface area contributed by atoms with E-state index in [0.29, 0.717) is 49.6 Å². The first-order chi connectivity index (χ1) is 26.3. The Morgan fingerprint density at radius 2 is 1.51 bits per heavy atom. The summed E-state index contributed by atoms with van der Waals surface area (Å²) in [5.41, 5.74) is 5.35. The van der Waals surface area contributed by atoms with Gasteiger partial charge in [0, 0.05) is 84.3 Å². The predicted molar refractivity (Wildman–Crippen MR) is 207 cm³/mol. The second kappa shape index (κ2) is 19.5. The molecule has 0 aromatic heterocycles. The molecule has 2 aromatic rings. The number of para-hydroxylation sites is 1. The summed E-state index contributed by atoms with van der Waals surface area (Å²) in [6.45, 7) is 9.72. The minimum absolute atomic E-state index is 0. The van der Waals surface area contributed by atoms with Crippen LogP contribution in [0.3, 0.4) is 0 Å². The monoisotopic (exact) mass is 851 g/mol. The number of benzene rings is 2. The average molecular weight is 852 g/mol. The van der Waals surface area contributed by atoms with Crippen LogP contribution in [0.5, 0.6) is 5.75 Å². The van der Waals surface area contributed by atoms with Gasteiger partial charge in [0.25, 0.3) is 11.8 Å². The summed E-state index contributed by atoms with van der Waals surface area (Å²) in [4.78, 5) is 43.3. The summed E-state index contributed by atoms with van der Waals surface area (Å²) < 4.78 is 75.1. The molecule has 3 aliphatic rings. The number of carbonyl (C=O) groups excluding carboxylic acids is 3. The van der Waals surface area contributed by atoms with Gasteiger partial charge in [-0.3, -0.25) is 9.59 Å². The Kier molecular flexibility index (Phi) is 16.1. The maximum Gasteiger partial charge on any atom is 1.00 e. The van der Waals surface area contributed by atoms with Crippen molar-refractivity contribution in [3.05, 3.63) is 77.5 Å². The largest absolute Gasteiger partial charge is 1.00 e. The molecule has 17 heteroatoms. The second-order valence-corrected chi connectivity index (χ2v) is 18.4. The summed E-state index contributed by atoms with van der Waals surface area (Å²) in [5, 5.41) is 0.556. The smallest absolute Gasteiger partial charge is 0.748 e. The molecule has 2 amide bonds. The Bertz CT molecular complexity index is 2150. The number of ether oxygens (including phenoxy) is 1. The van der Waals surface area contributed by atoms with Crippen molar-refractivity contribution < 1.29 is 106 Å². The molecule has 1 saturated heterocycles. The molecule has 0 radical (unpaired) electrons. The molecule has 14 nitrogen and oxygen atoms in total. The summed E-state index contributed by atoms with van der Waals surface area (Å²) in [6.07, 6.45) is 8.93. The summed E-state index contributed by atoms with van der Waals surface area (Å²) in [5.74, 6) is -2.08. The van der Waals surface area contributed by atoms with E-state index in [1.165, 1.54) is 0 Å². The SMILES string of the molecule is CC1(C)C(/C=C/C=C2/N(CCCCCC(=O)ON3C(=O)CCC3=O)c3cc(OCCCS(=O)(=O)[O-])ccc3C2(C)C)=[N+](CCCCS(=O)(=O)[O-])c2ccccc21.[K+]. The fourth-order valence-corrected chi connectivity index (χ4v) is 8.63. The first-order valence-electron chi connectivity index (χ1n) is 18.9. The van der Waals surface area contributed by atoms with Crippen molar-refractivity contribution in [3.8, 4) is 5.75 Å². The number of nitrogens with zero attached hydrogens (tertiary/aromatic N) is 3. The van der Waals surface area contributed by atoms with Crippen LogP contribution in [-0.2, 0) is 50.3 Å². The van der Waals surface area contributed by atoms with Gasteiger partial charge in [-0.2, -0.15) is 4.58 Å². The summed E-state index contributed by atoms with van der Waals surface area (Å²) >= 11 is 0. The molecule has 0 unspecified atom stereocenters. The van der Waals surface area contributed by atoms with Crippen molar-refractivity contribution in [1.29, 1.82) is 0 Å². The van der Waals surface area contributed by atoms with Crippen LogP contribution in [-0.4, -0.2) is 90.3 Å². The molecule has 0 bridgehead atoms. The molecule has 2 aromatic carbocycles. The van der Waals surface area contributed by atoms with E-state index in [-0.39, 0.29) is 95.5 Å². The van der Waals surface area contributed by atoms with Crippen molar-refractivity contribution in [2.75, 3.05) is 36.1 Å². The zero-order chi connectivity index (χ0) is 40.9. The number of unbranched alkanes of at least 4 members (excludes halogenated alkanes) is 3. The minimum atomic E-state index is -4.36. The molecule has 0 aliphatic carbocycles. The number of hydrogen-bond acceptors (Lipinski definition) is 12. The molecule has 304 valence electrons.